The summed E-state index contributed by atoms with van der Waals surface area (Å²) in [6.07, 6.45) is 1.58. The molecule has 0 saturated carbocycles. The highest BCUT2D eigenvalue weighted by atomic mass is 35.5. The second kappa shape index (κ2) is 8.35. The van der Waals surface area contributed by atoms with E-state index in [1.807, 2.05) is 56.3 Å². The minimum atomic E-state index is -0.531. The van der Waals surface area contributed by atoms with Gasteiger partial charge in [0.15, 0.2) is 0 Å². The van der Waals surface area contributed by atoms with Gasteiger partial charge in [-0.05, 0) is 61.9 Å². The first kappa shape index (κ1) is 19.8. The van der Waals surface area contributed by atoms with E-state index < -0.39 is 5.91 Å². The number of benzene rings is 2. The van der Waals surface area contributed by atoms with E-state index in [2.05, 4.69) is 9.88 Å². The Kier molecular flexibility index (Phi) is 5.89. The number of nitriles is 1. The topological polar surface area (TPSA) is 57.8 Å². The summed E-state index contributed by atoms with van der Waals surface area (Å²) in [6, 6.07) is 18.6. The fraction of sp³-hybridized carbons (Fsp3) is 0.0909. The molecule has 0 saturated heterocycles. The number of aryl methyl sites for hydroxylation is 1. The number of anilines is 1. The lowest BCUT2D eigenvalue weighted by Crippen LogP contribution is -2.13. The Balaban J connectivity index is 1.93. The van der Waals surface area contributed by atoms with Gasteiger partial charge in [0.25, 0.3) is 5.91 Å². The number of amides is 1. The fourth-order valence-corrected chi connectivity index (χ4v) is 3.45. The van der Waals surface area contributed by atoms with Crippen LogP contribution < -0.4 is 5.32 Å². The smallest absolute Gasteiger partial charge is 0.266 e. The van der Waals surface area contributed by atoms with Gasteiger partial charge < -0.3 is 9.88 Å². The number of rotatable bonds is 4. The highest BCUT2D eigenvalue weighted by molar-refractivity contribution is 6.36. The second-order valence-corrected chi connectivity index (χ2v) is 7.09. The highest BCUT2D eigenvalue weighted by Crippen LogP contribution is 2.26. The van der Waals surface area contributed by atoms with Gasteiger partial charge in [0.2, 0.25) is 0 Å². The molecule has 0 aliphatic carbocycles. The van der Waals surface area contributed by atoms with Crippen molar-refractivity contribution >= 4 is 40.9 Å². The van der Waals surface area contributed by atoms with E-state index in [9.17, 15) is 10.1 Å². The average molecular weight is 410 g/mol. The van der Waals surface area contributed by atoms with Gasteiger partial charge in [-0.1, -0.05) is 41.4 Å². The van der Waals surface area contributed by atoms with Crippen LogP contribution in [0, 0.1) is 25.2 Å². The predicted molar refractivity (Wildman–Crippen MR) is 114 cm³/mol. The number of nitrogens with zero attached hydrogens (tertiary/aromatic N) is 2. The van der Waals surface area contributed by atoms with Crippen molar-refractivity contribution in [1.82, 2.24) is 4.57 Å². The lowest BCUT2D eigenvalue weighted by atomic mass is 10.1. The Morgan fingerprint density at radius 1 is 1.11 bits per heavy atom. The Hall–Kier alpha value is -3.00. The Bertz CT molecular complexity index is 1110. The monoisotopic (exact) mass is 409 g/mol. The molecule has 0 aliphatic rings. The summed E-state index contributed by atoms with van der Waals surface area (Å²) in [5.41, 5.74) is 4.15. The quantitative estimate of drug-likeness (QED) is 0.427. The van der Waals surface area contributed by atoms with E-state index in [1.54, 1.807) is 18.2 Å². The Labute approximate surface area is 173 Å². The van der Waals surface area contributed by atoms with E-state index in [0.29, 0.717) is 15.7 Å². The number of aromatic nitrogens is 1. The van der Waals surface area contributed by atoms with Crippen LogP contribution in [0.5, 0.6) is 0 Å². The van der Waals surface area contributed by atoms with Crippen LogP contribution in [0.4, 0.5) is 5.69 Å². The zero-order valence-electron chi connectivity index (χ0n) is 15.3. The van der Waals surface area contributed by atoms with Gasteiger partial charge in [0.1, 0.15) is 11.6 Å². The van der Waals surface area contributed by atoms with Gasteiger partial charge in [-0.15, -0.1) is 0 Å². The molecule has 0 bridgehead atoms. The van der Waals surface area contributed by atoms with Gasteiger partial charge in [0.05, 0.1) is 10.7 Å². The zero-order chi connectivity index (χ0) is 20.3. The summed E-state index contributed by atoms with van der Waals surface area (Å²) < 4.78 is 2.08. The first-order chi connectivity index (χ1) is 13.4. The van der Waals surface area contributed by atoms with Crippen LogP contribution in [0.2, 0.25) is 10.0 Å². The molecule has 1 aromatic heterocycles. The minimum Gasteiger partial charge on any atom is -0.320 e. The number of carbonyl (C=O) groups is 1. The van der Waals surface area contributed by atoms with Gasteiger partial charge in [-0.3, -0.25) is 4.79 Å². The molecule has 4 nitrogen and oxygen atoms in total. The molecule has 0 fully saturated rings. The van der Waals surface area contributed by atoms with Crippen molar-refractivity contribution in [3.63, 3.8) is 0 Å². The standard InChI is InChI=1S/C22H17Cl2N3O/c1-14-10-16(15(2)27(14)19-6-4-3-5-7-19)11-17(13-25)22(28)26-21-9-8-18(23)12-20(21)24/h3-12H,1-2H3,(H,26,28)/b17-11-. The number of carbonyl (C=O) groups excluding carboxylic acids is 1. The first-order valence-electron chi connectivity index (χ1n) is 8.53. The van der Waals surface area contributed by atoms with Crippen LogP contribution in [0.3, 0.4) is 0 Å². The molecular formula is C22H17Cl2N3O. The summed E-state index contributed by atoms with van der Waals surface area (Å²) in [7, 11) is 0. The third kappa shape index (κ3) is 4.12. The molecule has 6 heteroatoms. The van der Waals surface area contributed by atoms with Crippen LogP contribution in [0.15, 0.2) is 60.2 Å². The minimum absolute atomic E-state index is 0.0145. The van der Waals surface area contributed by atoms with E-state index in [1.165, 1.54) is 6.07 Å². The molecular weight excluding hydrogens is 393 g/mol. The maximum absolute atomic E-state index is 12.6. The molecule has 0 atom stereocenters. The number of hydrogen-bond acceptors (Lipinski definition) is 2. The van der Waals surface area contributed by atoms with Gasteiger partial charge >= 0.3 is 0 Å². The molecule has 2 aromatic carbocycles. The normalized spacial score (nSPS) is 11.2. The van der Waals surface area contributed by atoms with Crippen LogP contribution in [-0.4, -0.2) is 10.5 Å². The lowest BCUT2D eigenvalue weighted by Gasteiger charge is -2.09. The lowest BCUT2D eigenvalue weighted by molar-refractivity contribution is -0.112. The zero-order valence-corrected chi connectivity index (χ0v) is 16.8. The largest absolute Gasteiger partial charge is 0.320 e. The molecule has 140 valence electrons. The third-order valence-electron chi connectivity index (χ3n) is 4.33. The number of nitrogens with one attached hydrogen (secondary N) is 1. The van der Waals surface area contributed by atoms with Crippen molar-refractivity contribution in [2.24, 2.45) is 0 Å². The van der Waals surface area contributed by atoms with Crippen molar-refractivity contribution < 1.29 is 4.79 Å². The molecule has 0 aliphatic heterocycles. The molecule has 0 spiro atoms. The van der Waals surface area contributed by atoms with E-state index in [-0.39, 0.29) is 5.57 Å². The number of para-hydroxylation sites is 1. The van der Waals surface area contributed by atoms with E-state index in [0.717, 1.165) is 22.6 Å². The molecule has 3 rings (SSSR count). The van der Waals surface area contributed by atoms with Gasteiger partial charge in [-0.25, -0.2) is 0 Å². The molecule has 3 aromatic rings. The number of hydrogen-bond donors (Lipinski definition) is 1. The summed E-state index contributed by atoms with van der Waals surface area (Å²) in [4.78, 5) is 12.6. The Morgan fingerprint density at radius 3 is 2.46 bits per heavy atom. The average Bonchev–Trinajstić information content (AvgIpc) is 2.95. The molecule has 0 radical (unpaired) electrons. The van der Waals surface area contributed by atoms with Gasteiger partial charge in [-0.2, -0.15) is 5.26 Å². The molecule has 1 N–H and O–H groups in total. The van der Waals surface area contributed by atoms with Crippen molar-refractivity contribution in [1.29, 1.82) is 5.26 Å². The van der Waals surface area contributed by atoms with Crippen molar-refractivity contribution in [2.45, 2.75) is 13.8 Å². The first-order valence-corrected chi connectivity index (χ1v) is 9.29. The molecule has 0 unspecified atom stereocenters. The van der Waals surface area contributed by atoms with Crippen LogP contribution in [0.25, 0.3) is 11.8 Å². The molecule has 28 heavy (non-hydrogen) atoms. The maximum Gasteiger partial charge on any atom is 0.266 e. The fourth-order valence-electron chi connectivity index (χ4n) is 2.99. The van der Waals surface area contributed by atoms with E-state index in [4.69, 9.17) is 23.2 Å². The predicted octanol–water partition coefficient (Wildman–Crippen LogP) is 5.95. The summed E-state index contributed by atoms with van der Waals surface area (Å²) in [5.74, 6) is -0.531. The number of halogens is 2. The van der Waals surface area contributed by atoms with Gasteiger partial charge in [0, 0.05) is 22.1 Å². The van der Waals surface area contributed by atoms with Crippen LogP contribution in [-0.2, 0) is 4.79 Å². The molecule has 1 heterocycles. The summed E-state index contributed by atoms with van der Waals surface area (Å²) in [5, 5.41) is 12.9. The van der Waals surface area contributed by atoms with Crippen molar-refractivity contribution in [3.05, 3.63) is 87.2 Å². The van der Waals surface area contributed by atoms with Crippen LogP contribution in [0.1, 0.15) is 17.0 Å². The Morgan fingerprint density at radius 2 is 1.82 bits per heavy atom. The summed E-state index contributed by atoms with van der Waals surface area (Å²) >= 11 is 12.0. The highest BCUT2D eigenvalue weighted by Gasteiger charge is 2.15. The maximum atomic E-state index is 12.6. The third-order valence-corrected chi connectivity index (χ3v) is 4.88. The second-order valence-electron chi connectivity index (χ2n) is 6.25. The van der Waals surface area contributed by atoms with Crippen molar-refractivity contribution in [2.75, 3.05) is 5.32 Å². The molecule has 1 amide bonds. The van der Waals surface area contributed by atoms with Crippen LogP contribution >= 0.6 is 23.2 Å². The van der Waals surface area contributed by atoms with E-state index >= 15 is 0 Å². The summed E-state index contributed by atoms with van der Waals surface area (Å²) in [6.45, 7) is 3.94. The van der Waals surface area contributed by atoms with Crippen molar-refractivity contribution in [3.8, 4) is 11.8 Å². The SMILES string of the molecule is Cc1cc(/C=C(/C#N)C(=O)Nc2ccc(Cl)cc2Cl)c(C)n1-c1ccccc1.